The first kappa shape index (κ1) is 40.4. The van der Waals surface area contributed by atoms with E-state index in [4.69, 9.17) is 23.7 Å². The maximum Gasteiger partial charge on any atom is 0.411 e. The first-order valence-corrected chi connectivity index (χ1v) is 19.8. The Morgan fingerprint density at radius 1 is 0.941 bits per heavy atom. The zero-order valence-electron chi connectivity index (χ0n) is 30.9. The molecule has 2 aliphatic rings. The van der Waals surface area contributed by atoms with E-state index in [1.807, 2.05) is 68.3 Å². The molecule has 1 N–H and O–H groups in total. The summed E-state index contributed by atoms with van der Waals surface area (Å²) in [6.07, 6.45) is -1.15. The van der Waals surface area contributed by atoms with Crippen LogP contribution in [0.5, 0.6) is 5.75 Å². The van der Waals surface area contributed by atoms with E-state index in [0.717, 1.165) is 35.5 Å². The predicted molar refractivity (Wildman–Crippen MR) is 200 cm³/mol. The fraction of sp³-hybridized carbons (Fsp3) is 0.579. The van der Waals surface area contributed by atoms with Gasteiger partial charge in [-0.05, 0) is 85.6 Å². The largest absolute Gasteiger partial charge is 0.461 e. The van der Waals surface area contributed by atoms with Crippen LogP contribution in [0.4, 0.5) is 10.5 Å². The number of aryl methyl sites for hydroxylation is 2. The molecule has 280 valence electrons. The van der Waals surface area contributed by atoms with Gasteiger partial charge in [0.2, 0.25) is 12.4 Å². The van der Waals surface area contributed by atoms with Crippen molar-refractivity contribution in [2.75, 3.05) is 23.4 Å². The zero-order chi connectivity index (χ0) is 37.2. The van der Waals surface area contributed by atoms with E-state index in [0.29, 0.717) is 40.1 Å². The number of ether oxygens (including phenoxy) is 5. The van der Waals surface area contributed by atoms with E-state index < -0.39 is 36.5 Å². The molecular formula is C38H52N2O9S2. The lowest BCUT2D eigenvalue weighted by molar-refractivity contribution is -0.266. The number of anilines is 1. The zero-order valence-corrected chi connectivity index (χ0v) is 32.5. The van der Waals surface area contributed by atoms with Gasteiger partial charge < -0.3 is 28.6 Å². The van der Waals surface area contributed by atoms with Crippen LogP contribution in [0, 0.1) is 19.8 Å². The number of likely N-dealkylation sites (tertiary alicyclic amines) is 1. The Balaban J connectivity index is 1.42. The highest BCUT2D eigenvalue weighted by Crippen LogP contribution is 2.37. The van der Waals surface area contributed by atoms with Crippen LogP contribution in [0.15, 0.2) is 36.4 Å². The Morgan fingerprint density at radius 2 is 1.57 bits per heavy atom. The van der Waals surface area contributed by atoms with Crippen LogP contribution >= 0.6 is 23.5 Å². The summed E-state index contributed by atoms with van der Waals surface area (Å²) in [5.41, 5.74) is 3.50. The molecule has 6 atom stereocenters. The molecule has 0 aromatic heterocycles. The molecule has 2 saturated heterocycles. The molecule has 2 heterocycles. The highest BCUT2D eigenvalue weighted by atomic mass is 32.2. The number of thioether (sulfide) groups is 2. The number of hydrogen-bond donors (Lipinski definition) is 1. The molecule has 2 aromatic carbocycles. The van der Waals surface area contributed by atoms with Crippen molar-refractivity contribution in [3.05, 3.63) is 58.7 Å². The highest BCUT2D eigenvalue weighted by Gasteiger charge is 2.48. The average molecular weight is 745 g/mol. The molecule has 2 aromatic rings. The lowest BCUT2D eigenvalue weighted by Crippen LogP contribution is -2.58. The average Bonchev–Trinajstić information content (AvgIpc) is 3.58. The summed E-state index contributed by atoms with van der Waals surface area (Å²) in [6.45, 7) is 15.3. The summed E-state index contributed by atoms with van der Waals surface area (Å²) in [5.74, 6) is 1.03. The van der Waals surface area contributed by atoms with Gasteiger partial charge in [-0.25, -0.2) is 4.79 Å². The Labute approximate surface area is 310 Å². The van der Waals surface area contributed by atoms with Crippen molar-refractivity contribution in [3.8, 4) is 5.75 Å². The standard InChI is InChI=1S/C38H52N2O9S2/c1-9-32-24(6)33(46-25(7)41)34(47-26(8)42)36(49-32)48-28-16-14-27(15-17-28)21-45-38(44)39-30-20-23(5)22(4)19-29(30)35(43)40-18-12-13-31(40)37(50-10-2)51-11-3/h14-17,19-20,24,31-34,36-37H,9-13,18,21H2,1-8H3,(H,39,44)/t24-,31-,32+,33-,34+,36?/m0/s1. The SMILES string of the molecule is CCSC(SCC)[C@@H]1CCCN1C(=O)c1cc(C)c(C)cc1NC(=O)OCc1ccc(OC2O[C@H](CC)[C@H](C)[C@H](OC(C)=O)[C@H]2OC(C)=O)cc1. The Morgan fingerprint density at radius 3 is 2.18 bits per heavy atom. The Kier molecular flexibility index (Phi) is 14.9. The number of rotatable bonds is 14. The molecule has 4 rings (SSSR count). The number of hydrogen-bond acceptors (Lipinski definition) is 11. The Bertz CT molecular complexity index is 1520. The number of amides is 2. The van der Waals surface area contributed by atoms with Gasteiger partial charge in [-0.1, -0.05) is 39.8 Å². The second-order valence-corrected chi connectivity index (χ2v) is 16.0. The summed E-state index contributed by atoms with van der Waals surface area (Å²) in [5, 5.41) is 2.83. The molecule has 0 saturated carbocycles. The fourth-order valence-corrected chi connectivity index (χ4v) is 9.42. The van der Waals surface area contributed by atoms with Gasteiger partial charge >= 0.3 is 18.0 Å². The molecule has 0 aliphatic carbocycles. The minimum absolute atomic E-state index is 0.0292. The van der Waals surface area contributed by atoms with Crippen molar-refractivity contribution in [3.63, 3.8) is 0 Å². The third-order valence-electron chi connectivity index (χ3n) is 9.19. The van der Waals surface area contributed by atoms with E-state index in [9.17, 15) is 19.2 Å². The summed E-state index contributed by atoms with van der Waals surface area (Å²) >= 11 is 3.77. The van der Waals surface area contributed by atoms with E-state index >= 15 is 0 Å². The van der Waals surface area contributed by atoms with Crippen LogP contribution in [0.2, 0.25) is 0 Å². The summed E-state index contributed by atoms with van der Waals surface area (Å²) in [4.78, 5) is 53.0. The molecule has 11 nitrogen and oxygen atoms in total. The molecule has 2 fully saturated rings. The van der Waals surface area contributed by atoms with Crippen molar-refractivity contribution < 1.29 is 42.9 Å². The third-order valence-corrected chi connectivity index (χ3v) is 12.0. The van der Waals surface area contributed by atoms with Gasteiger partial charge in [0, 0.05) is 26.3 Å². The van der Waals surface area contributed by atoms with Crippen LogP contribution in [0.25, 0.3) is 0 Å². The molecule has 13 heteroatoms. The second kappa shape index (κ2) is 18.9. The van der Waals surface area contributed by atoms with E-state index in [1.54, 1.807) is 24.3 Å². The number of benzene rings is 2. The number of carbonyl (C=O) groups is 4. The molecule has 0 radical (unpaired) electrons. The summed E-state index contributed by atoms with van der Waals surface area (Å²) in [7, 11) is 0. The third kappa shape index (κ3) is 10.6. The van der Waals surface area contributed by atoms with Crippen molar-refractivity contribution in [2.45, 2.75) is 116 Å². The normalized spacial score (nSPS) is 23.1. The number of carbonyl (C=O) groups excluding carboxylic acids is 4. The van der Waals surface area contributed by atoms with Crippen LogP contribution in [-0.2, 0) is 35.1 Å². The fourth-order valence-electron chi connectivity index (χ4n) is 6.55. The van der Waals surface area contributed by atoms with Gasteiger partial charge in [-0.2, -0.15) is 0 Å². The summed E-state index contributed by atoms with van der Waals surface area (Å²) in [6, 6.07) is 10.7. The van der Waals surface area contributed by atoms with Gasteiger partial charge in [-0.15, -0.1) is 23.5 Å². The first-order chi connectivity index (χ1) is 24.4. The maximum absolute atomic E-state index is 14.0. The predicted octanol–water partition coefficient (Wildman–Crippen LogP) is 7.50. The van der Waals surface area contributed by atoms with Crippen LogP contribution in [0.1, 0.15) is 87.9 Å². The minimum Gasteiger partial charge on any atom is -0.461 e. The molecule has 51 heavy (non-hydrogen) atoms. The lowest BCUT2D eigenvalue weighted by Gasteiger charge is -2.43. The molecule has 2 aliphatic heterocycles. The smallest absolute Gasteiger partial charge is 0.411 e. The van der Waals surface area contributed by atoms with E-state index in [1.165, 1.54) is 13.8 Å². The molecule has 2 amide bonds. The van der Waals surface area contributed by atoms with Gasteiger partial charge in [0.05, 0.1) is 28.0 Å². The summed E-state index contributed by atoms with van der Waals surface area (Å²) < 4.78 is 29.3. The van der Waals surface area contributed by atoms with Gasteiger partial charge in [0.25, 0.3) is 5.91 Å². The van der Waals surface area contributed by atoms with Gasteiger partial charge in [0.1, 0.15) is 18.5 Å². The van der Waals surface area contributed by atoms with Crippen LogP contribution < -0.4 is 10.1 Å². The minimum atomic E-state index is -1.01. The van der Waals surface area contributed by atoms with Gasteiger partial charge in [-0.3, -0.25) is 19.7 Å². The van der Waals surface area contributed by atoms with Crippen molar-refractivity contribution >= 4 is 53.2 Å². The van der Waals surface area contributed by atoms with Crippen molar-refractivity contribution in [2.24, 2.45) is 5.92 Å². The van der Waals surface area contributed by atoms with Crippen LogP contribution in [0.3, 0.4) is 0 Å². The quantitative estimate of drug-likeness (QED) is 0.117. The molecule has 1 unspecified atom stereocenters. The number of nitrogens with zero attached hydrogens (tertiary/aromatic N) is 1. The monoisotopic (exact) mass is 744 g/mol. The van der Waals surface area contributed by atoms with E-state index in [-0.39, 0.29) is 30.6 Å². The van der Waals surface area contributed by atoms with Gasteiger partial charge in [0.15, 0.2) is 0 Å². The molecule has 0 bridgehead atoms. The number of nitrogens with one attached hydrogen (secondary N) is 1. The number of esters is 2. The maximum atomic E-state index is 14.0. The highest BCUT2D eigenvalue weighted by molar-refractivity contribution is 8.17. The van der Waals surface area contributed by atoms with E-state index in [2.05, 4.69) is 19.2 Å². The molecular weight excluding hydrogens is 693 g/mol. The van der Waals surface area contributed by atoms with Crippen molar-refractivity contribution in [1.29, 1.82) is 0 Å². The Hall–Kier alpha value is -3.42. The second-order valence-electron chi connectivity index (χ2n) is 12.9. The van der Waals surface area contributed by atoms with Crippen LogP contribution in [-0.4, -0.2) is 82.1 Å². The topological polar surface area (TPSA) is 130 Å². The lowest BCUT2D eigenvalue weighted by atomic mass is 9.89. The first-order valence-electron chi connectivity index (χ1n) is 17.7. The van der Waals surface area contributed by atoms with Crippen molar-refractivity contribution in [1.82, 2.24) is 4.90 Å². The molecule has 0 spiro atoms.